The highest BCUT2D eigenvalue weighted by Crippen LogP contribution is 2.31. The summed E-state index contributed by atoms with van der Waals surface area (Å²) >= 11 is 0. The number of aromatic carboxylic acids is 1. The number of hydrogen-bond acceptors (Lipinski definition) is 5. The molecule has 0 unspecified atom stereocenters. The molecular weight excluding hydrogens is 372 g/mol. The average Bonchev–Trinajstić information content (AvgIpc) is 2.66. The maximum Gasteiger partial charge on any atom is 0.338 e. The Kier molecular flexibility index (Phi) is 6.08. The summed E-state index contributed by atoms with van der Waals surface area (Å²) in [6.07, 6.45) is 3.38. The van der Waals surface area contributed by atoms with E-state index in [9.17, 15) is 13.6 Å². The molecule has 1 fully saturated rings. The summed E-state index contributed by atoms with van der Waals surface area (Å²) in [5.41, 5.74) is -0.218. The van der Waals surface area contributed by atoms with Gasteiger partial charge in [0.25, 0.3) is 0 Å². The van der Waals surface area contributed by atoms with Crippen molar-refractivity contribution < 1.29 is 32.9 Å². The topological polar surface area (TPSA) is 77.9 Å². The number of aromatic nitrogens is 1. The second-order valence-electron chi connectivity index (χ2n) is 6.55. The molecule has 1 aromatic carbocycles. The number of carboxylic acid groups (broad SMARTS) is 1. The third-order valence-electron chi connectivity index (χ3n) is 4.69. The van der Waals surface area contributed by atoms with Crippen LogP contribution in [0.5, 0.6) is 11.5 Å². The Bertz CT molecular complexity index is 837. The van der Waals surface area contributed by atoms with Gasteiger partial charge in [0, 0.05) is 20.0 Å². The van der Waals surface area contributed by atoms with Crippen LogP contribution in [-0.2, 0) is 4.74 Å². The first-order chi connectivity index (χ1) is 13.4. The first kappa shape index (κ1) is 20.0. The molecule has 0 bridgehead atoms. The number of benzene rings is 1. The van der Waals surface area contributed by atoms with Gasteiger partial charge in [0.1, 0.15) is 18.0 Å². The van der Waals surface area contributed by atoms with Crippen LogP contribution in [0.4, 0.5) is 8.78 Å². The highest BCUT2D eigenvalue weighted by atomic mass is 19.2. The molecule has 1 aliphatic rings. The Labute approximate surface area is 161 Å². The van der Waals surface area contributed by atoms with E-state index in [0.29, 0.717) is 17.9 Å². The van der Waals surface area contributed by atoms with E-state index in [1.807, 2.05) is 6.92 Å². The molecule has 6 nitrogen and oxygen atoms in total. The SMILES string of the molecule is CC[C@@H](Oc1ccc(C(=O)O)c(F)c1F)c1ccc(O[C@H]2C[C@H](OC)C2)cn1. The normalized spacial score (nSPS) is 19.6. The van der Waals surface area contributed by atoms with Crippen molar-refractivity contribution in [2.24, 2.45) is 0 Å². The monoisotopic (exact) mass is 393 g/mol. The molecule has 150 valence electrons. The van der Waals surface area contributed by atoms with Gasteiger partial charge in [0.05, 0.1) is 23.6 Å². The van der Waals surface area contributed by atoms with Crippen molar-refractivity contribution in [3.05, 3.63) is 53.4 Å². The van der Waals surface area contributed by atoms with Crippen molar-refractivity contribution in [1.82, 2.24) is 4.98 Å². The van der Waals surface area contributed by atoms with Crippen LogP contribution in [0.2, 0.25) is 0 Å². The maximum atomic E-state index is 14.1. The fraction of sp³-hybridized carbons (Fsp3) is 0.400. The average molecular weight is 393 g/mol. The molecule has 1 N–H and O–H groups in total. The highest BCUT2D eigenvalue weighted by Gasteiger charge is 2.31. The zero-order chi connectivity index (χ0) is 20.3. The Hall–Kier alpha value is -2.74. The van der Waals surface area contributed by atoms with Gasteiger partial charge in [-0.15, -0.1) is 0 Å². The number of ether oxygens (including phenoxy) is 3. The summed E-state index contributed by atoms with van der Waals surface area (Å²) < 4.78 is 44.5. The van der Waals surface area contributed by atoms with E-state index in [1.54, 1.807) is 25.4 Å². The van der Waals surface area contributed by atoms with E-state index in [0.717, 1.165) is 25.0 Å². The second-order valence-corrected chi connectivity index (χ2v) is 6.55. The lowest BCUT2D eigenvalue weighted by Gasteiger charge is -2.34. The maximum absolute atomic E-state index is 14.1. The molecule has 1 aromatic heterocycles. The number of methoxy groups -OCH3 is 1. The van der Waals surface area contributed by atoms with Gasteiger partial charge in [-0.3, -0.25) is 4.98 Å². The molecule has 0 amide bonds. The molecule has 3 rings (SSSR count). The van der Waals surface area contributed by atoms with Gasteiger partial charge in [0.15, 0.2) is 11.6 Å². The number of carbonyl (C=O) groups is 1. The minimum Gasteiger partial charge on any atom is -0.489 e. The smallest absolute Gasteiger partial charge is 0.338 e. The number of pyridine rings is 1. The molecule has 28 heavy (non-hydrogen) atoms. The Balaban J connectivity index is 1.68. The van der Waals surface area contributed by atoms with E-state index < -0.39 is 29.3 Å². The van der Waals surface area contributed by atoms with Crippen molar-refractivity contribution in [3.63, 3.8) is 0 Å². The summed E-state index contributed by atoms with van der Waals surface area (Å²) in [6, 6.07) is 5.53. The van der Waals surface area contributed by atoms with E-state index in [4.69, 9.17) is 19.3 Å². The van der Waals surface area contributed by atoms with E-state index in [2.05, 4.69) is 4.98 Å². The largest absolute Gasteiger partial charge is 0.489 e. The van der Waals surface area contributed by atoms with Crippen molar-refractivity contribution in [3.8, 4) is 11.5 Å². The lowest BCUT2D eigenvalue weighted by molar-refractivity contribution is -0.0382. The number of carboxylic acids is 1. The van der Waals surface area contributed by atoms with Gasteiger partial charge < -0.3 is 19.3 Å². The lowest BCUT2D eigenvalue weighted by atomic mass is 9.92. The van der Waals surface area contributed by atoms with Crippen LogP contribution >= 0.6 is 0 Å². The van der Waals surface area contributed by atoms with Crippen molar-refractivity contribution >= 4 is 5.97 Å². The van der Waals surface area contributed by atoms with Gasteiger partial charge >= 0.3 is 5.97 Å². The van der Waals surface area contributed by atoms with Crippen LogP contribution in [0.3, 0.4) is 0 Å². The molecule has 0 radical (unpaired) electrons. The predicted molar refractivity (Wildman–Crippen MR) is 95.7 cm³/mol. The molecule has 0 aliphatic heterocycles. The standard InChI is InChI=1S/C20H21F2NO5/c1-3-16(28-17-7-5-14(20(24)25)18(21)19(17)22)15-6-4-11(10-23-15)27-13-8-12(9-13)26-2/h4-7,10,12-13,16H,3,8-9H2,1-2H3,(H,24,25)/t12-,13-,16-/m1/s1. The van der Waals surface area contributed by atoms with Gasteiger partial charge in [-0.25, -0.2) is 9.18 Å². The Morgan fingerprint density at radius 3 is 2.54 bits per heavy atom. The molecule has 0 saturated heterocycles. The van der Waals surface area contributed by atoms with Crippen molar-refractivity contribution in [1.29, 1.82) is 0 Å². The Morgan fingerprint density at radius 1 is 1.21 bits per heavy atom. The molecule has 1 heterocycles. The second kappa shape index (κ2) is 8.52. The van der Waals surface area contributed by atoms with Crippen molar-refractivity contribution in [2.45, 2.75) is 44.5 Å². The molecule has 1 saturated carbocycles. The van der Waals surface area contributed by atoms with Crippen LogP contribution in [0.25, 0.3) is 0 Å². The quantitative estimate of drug-likeness (QED) is 0.726. The van der Waals surface area contributed by atoms with Crippen LogP contribution < -0.4 is 9.47 Å². The van der Waals surface area contributed by atoms with E-state index >= 15 is 0 Å². The molecular formula is C20H21F2NO5. The lowest BCUT2D eigenvalue weighted by Crippen LogP contribution is -2.38. The fourth-order valence-corrected chi connectivity index (χ4v) is 2.94. The molecule has 0 spiro atoms. The van der Waals surface area contributed by atoms with Crippen LogP contribution in [-0.4, -0.2) is 35.4 Å². The van der Waals surface area contributed by atoms with Gasteiger partial charge in [-0.2, -0.15) is 4.39 Å². The Morgan fingerprint density at radius 2 is 1.96 bits per heavy atom. The zero-order valence-electron chi connectivity index (χ0n) is 15.5. The third-order valence-corrected chi connectivity index (χ3v) is 4.69. The number of hydrogen-bond donors (Lipinski definition) is 1. The first-order valence-corrected chi connectivity index (χ1v) is 8.96. The molecule has 8 heteroatoms. The van der Waals surface area contributed by atoms with Gasteiger partial charge in [-0.05, 0) is 30.7 Å². The first-order valence-electron chi connectivity index (χ1n) is 8.96. The van der Waals surface area contributed by atoms with Crippen LogP contribution in [0.1, 0.15) is 48.3 Å². The number of rotatable bonds is 8. The van der Waals surface area contributed by atoms with E-state index in [1.165, 1.54) is 0 Å². The summed E-state index contributed by atoms with van der Waals surface area (Å²) in [7, 11) is 1.67. The molecule has 1 aliphatic carbocycles. The number of nitrogens with zero attached hydrogens (tertiary/aromatic N) is 1. The molecule has 2 aromatic rings. The van der Waals surface area contributed by atoms with Crippen LogP contribution in [0.15, 0.2) is 30.5 Å². The fourth-order valence-electron chi connectivity index (χ4n) is 2.94. The van der Waals surface area contributed by atoms with Gasteiger partial charge in [0.2, 0.25) is 5.82 Å². The third kappa shape index (κ3) is 4.22. The van der Waals surface area contributed by atoms with Gasteiger partial charge in [-0.1, -0.05) is 6.92 Å². The van der Waals surface area contributed by atoms with Crippen LogP contribution in [0, 0.1) is 11.6 Å². The highest BCUT2D eigenvalue weighted by molar-refractivity contribution is 5.88. The zero-order valence-corrected chi connectivity index (χ0v) is 15.5. The van der Waals surface area contributed by atoms with Crippen molar-refractivity contribution in [2.75, 3.05) is 7.11 Å². The number of halogens is 2. The summed E-state index contributed by atoms with van der Waals surface area (Å²) in [6.45, 7) is 1.82. The minimum atomic E-state index is -1.55. The van der Waals surface area contributed by atoms with E-state index in [-0.39, 0.29) is 18.0 Å². The molecule has 1 atom stereocenters. The minimum absolute atomic E-state index is 0.0978. The summed E-state index contributed by atoms with van der Waals surface area (Å²) in [4.78, 5) is 15.2. The summed E-state index contributed by atoms with van der Waals surface area (Å²) in [5.74, 6) is -4.09. The summed E-state index contributed by atoms with van der Waals surface area (Å²) in [5, 5.41) is 8.85. The predicted octanol–water partition coefficient (Wildman–Crippen LogP) is 4.14.